The summed E-state index contributed by atoms with van der Waals surface area (Å²) in [4.78, 5) is 89.3. The van der Waals surface area contributed by atoms with E-state index in [1.165, 1.54) is 6.92 Å². The second kappa shape index (κ2) is 22.8. The first-order valence-corrected chi connectivity index (χ1v) is 25.5. The highest BCUT2D eigenvalue weighted by atomic mass is 16.6. The molecule has 2 fully saturated rings. The maximum Gasteiger partial charge on any atom is 0.397 e. The van der Waals surface area contributed by atoms with Crippen molar-refractivity contribution in [1.29, 1.82) is 0 Å². The fourth-order valence-corrected chi connectivity index (χ4v) is 11.8. The number of aliphatic imine (C=N–C) groups is 1. The number of cyclic esters (lactones) is 1. The molecule has 1 aromatic heterocycles. The van der Waals surface area contributed by atoms with Gasteiger partial charge in [-0.3, -0.25) is 24.2 Å². The van der Waals surface area contributed by atoms with Crippen LogP contribution in [-0.2, 0) is 44.6 Å². The van der Waals surface area contributed by atoms with Crippen LogP contribution >= 0.6 is 0 Å². The molecular formula is C56H67N7O11. The van der Waals surface area contributed by atoms with Crippen LogP contribution in [0.4, 0.5) is 5.69 Å². The molecule has 8 rings (SSSR count). The van der Waals surface area contributed by atoms with E-state index < -0.39 is 107 Å². The van der Waals surface area contributed by atoms with Gasteiger partial charge >= 0.3 is 23.8 Å². The summed E-state index contributed by atoms with van der Waals surface area (Å²) in [7, 11) is 0. The molecule has 14 atom stereocenters. The molecule has 74 heavy (non-hydrogen) atoms. The summed E-state index contributed by atoms with van der Waals surface area (Å²) in [5.74, 6) is -7.96. The lowest BCUT2D eigenvalue weighted by Crippen LogP contribution is -2.64. The Balaban J connectivity index is 0.962. The maximum absolute atomic E-state index is 14.3. The van der Waals surface area contributed by atoms with E-state index in [0.29, 0.717) is 41.9 Å². The van der Waals surface area contributed by atoms with Crippen molar-refractivity contribution in [2.24, 2.45) is 57.9 Å². The molecule has 2 heterocycles. The van der Waals surface area contributed by atoms with E-state index in [2.05, 4.69) is 25.9 Å². The first-order valence-electron chi connectivity index (χ1n) is 25.5. The summed E-state index contributed by atoms with van der Waals surface area (Å²) < 4.78 is 17.7. The number of carbonyl (C=O) groups excluding carboxylic acids is 6. The normalized spacial score (nSPS) is 28.9. The van der Waals surface area contributed by atoms with Gasteiger partial charge in [0.25, 0.3) is 0 Å². The van der Waals surface area contributed by atoms with Gasteiger partial charge in [0.1, 0.15) is 36.1 Å². The lowest BCUT2D eigenvalue weighted by atomic mass is 9.46. The minimum absolute atomic E-state index is 0.0517. The van der Waals surface area contributed by atoms with E-state index in [4.69, 9.17) is 25.7 Å². The quantitative estimate of drug-likeness (QED) is 0.0145. The van der Waals surface area contributed by atoms with E-state index in [0.717, 1.165) is 10.8 Å². The zero-order valence-electron chi connectivity index (χ0n) is 42.0. The van der Waals surface area contributed by atoms with Crippen LogP contribution in [0, 0.1) is 41.4 Å². The minimum atomic E-state index is -1.51. The molecule has 4 aromatic rings. The molecule has 18 nitrogen and oxygen atoms in total. The van der Waals surface area contributed by atoms with E-state index in [1.807, 2.05) is 55.5 Å². The van der Waals surface area contributed by atoms with Gasteiger partial charge in [-0.05, 0) is 97.5 Å². The van der Waals surface area contributed by atoms with E-state index in [-0.39, 0.29) is 43.5 Å². The number of nitrogens with one attached hydrogen (secondary N) is 4. The van der Waals surface area contributed by atoms with Crippen molar-refractivity contribution in [2.45, 2.75) is 108 Å². The average Bonchev–Trinajstić information content (AvgIpc) is 3.98. The van der Waals surface area contributed by atoms with Gasteiger partial charge in [-0.25, -0.2) is 9.59 Å². The Morgan fingerprint density at radius 3 is 2.38 bits per heavy atom. The van der Waals surface area contributed by atoms with Gasteiger partial charge < -0.3 is 56.8 Å². The summed E-state index contributed by atoms with van der Waals surface area (Å²) in [5, 5.41) is 34.8. The molecule has 2 saturated carbocycles. The number of nitrogens with two attached hydrogens (primary N) is 2. The number of rotatable bonds is 16. The average molecular weight is 1010 g/mol. The molecule has 10 N–H and O–H groups in total. The van der Waals surface area contributed by atoms with Gasteiger partial charge in [-0.2, -0.15) is 0 Å². The summed E-state index contributed by atoms with van der Waals surface area (Å²) in [6.07, 6.45) is 4.78. The number of H-pyrrole nitrogens is 1. The predicted molar refractivity (Wildman–Crippen MR) is 275 cm³/mol. The number of amides is 3. The second-order valence-corrected chi connectivity index (χ2v) is 20.3. The number of esters is 3. The van der Waals surface area contributed by atoms with Crippen molar-refractivity contribution >= 4 is 58.0 Å². The summed E-state index contributed by atoms with van der Waals surface area (Å²) in [6.45, 7) is 7.20. The van der Waals surface area contributed by atoms with Crippen LogP contribution in [0.3, 0.4) is 0 Å². The number of anilines is 1. The number of benzene rings is 3. The van der Waals surface area contributed by atoms with Crippen LogP contribution in [0.15, 0.2) is 120 Å². The van der Waals surface area contributed by atoms with Crippen molar-refractivity contribution in [3.05, 3.63) is 126 Å². The topological polar surface area (TPSA) is 287 Å². The number of aliphatic hydroxyl groups excluding tert-OH is 1. The Morgan fingerprint density at radius 2 is 1.65 bits per heavy atom. The minimum Gasteiger partial charge on any atom is -0.458 e. The summed E-state index contributed by atoms with van der Waals surface area (Å²) in [6, 6.07) is 22.9. The van der Waals surface area contributed by atoms with Gasteiger partial charge in [0.15, 0.2) is 5.96 Å². The molecule has 1 aliphatic heterocycles. The smallest absolute Gasteiger partial charge is 0.397 e. The number of aromatic nitrogens is 1. The van der Waals surface area contributed by atoms with Gasteiger partial charge in [-0.15, -0.1) is 0 Å². The van der Waals surface area contributed by atoms with Crippen LogP contribution in [0.2, 0.25) is 0 Å². The van der Waals surface area contributed by atoms with Crippen LogP contribution < -0.4 is 27.4 Å². The number of carbonyl (C=O) groups is 6. The molecular weight excluding hydrogens is 947 g/mol. The number of fused-ring (bicyclic) bond motifs is 7. The number of guanidine groups is 1. The molecule has 3 aliphatic carbocycles. The number of hydrogen-bond acceptors (Lipinski definition) is 12. The number of ether oxygens (including phenoxy) is 3. The zero-order chi connectivity index (χ0) is 52.8. The Labute approximate surface area is 429 Å². The van der Waals surface area contributed by atoms with Crippen LogP contribution in [0.1, 0.15) is 75.9 Å². The Bertz CT molecular complexity index is 2790. The number of aromatic amines is 1. The zero-order valence-corrected chi connectivity index (χ0v) is 42.0. The number of hydrogen-bond donors (Lipinski definition) is 8. The Morgan fingerprint density at radius 1 is 0.905 bits per heavy atom. The standard InChI is InChI=1S/C56H67N7O11/c1-30-27-31(2)56(71)37(20-23-39-44-45(46(39)56)47(65)32(3)49(44)74-53(69)41-18-12-26-59-41)21-24-43(64)73-48(30)33(4)72-54(70)52(68)63-42(28-34-13-6-5-7-14-34)51(67)62-40(17-10-11-25-60-55(57)58)50(66)61-38-22-19-35-15-8-9-16-36(35)29-38/h5-9,12-16,18-20,22-23,26-27,29-30,32-33,37,39-40,42,44-49,59,65,71H,10-11,17,21,24-25,28H2,1-4H3,(H,61,66)(H,62,67)(H,63,68)(H4,57,58,60)/b31-27+/t30-,32-,33-,37-,39?,40+,42?,44+,45?,46?,47-,48?,49-,56+/m1/s1. The number of nitrogens with zero attached hydrogens (tertiary/aromatic N) is 1. The highest BCUT2D eigenvalue weighted by molar-refractivity contribution is 6.33. The molecule has 392 valence electrons. The van der Waals surface area contributed by atoms with Crippen LogP contribution in [-0.4, -0.2) is 105 Å². The third-order valence-electron chi connectivity index (χ3n) is 15.5. The molecule has 0 spiro atoms. The van der Waals surface area contributed by atoms with Crippen molar-refractivity contribution in [1.82, 2.24) is 15.6 Å². The fourth-order valence-electron chi connectivity index (χ4n) is 11.8. The van der Waals surface area contributed by atoms with Crippen molar-refractivity contribution in [3.63, 3.8) is 0 Å². The number of unbranched alkanes of at least 4 members (excludes halogenated alkanes) is 1. The largest absolute Gasteiger partial charge is 0.458 e. The Kier molecular flexibility index (Phi) is 16.4. The van der Waals surface area contributed by atoms with Crippen molar-refractivity contribution in [2.75, 3.05) is 11.9 Å². The third kappa shape index (κ3) is 11.4. The molecule has 4 aliphatic rings. The first kappa shape index (κ1) is 53.0. The molecule has 0 radical (unpaired) electrons. The molecule has 0 saturated heterocycles. The SMILES string of the molecule is C/C1=C\[C@@H](C)C([C@@H](C)OC(=O)C(=O)NC(Cc2ccccc2)C(=O)N[C@@H](CCCCN=C(N)N)C(=O)Nc2ccc3ccccc3c2)OC(=O)CC[C@H]2C=CC3C(C4[C@H]3[C@H](OC(=O)c3ccc[nH]3)[C@H](C)[C@H]4O)[C@]12O. The third-order valence-corrected chi connectivity index (χ3v) is 15.5. The molecule has 0 bridgehead atoms. The molecule has 3 aromatic carbocycles. The van der Waals surface area contributed by atoms with E-state index in [9.17, 15) is 39.0 Å². The van der Waals surface area contributed by atoms with Crippen LogP contribution in [0.25, 0.3) is 10.8 Å². The fraction of sp³-hybridized carbons (Fsp3) is 0.446. The van der Waals surface area contributed by atoms with Crippen molar-refractivity contribution in [3.8, 4) is 0 Å². The van der Waals surface area contributed by atoms with Crippen molar-refractivity contribution < 1.29 is 53.2 Å². The van der Waals surface area contributed by atoms with E-state index >= 15 is 0 Å². The number of allylic oxidation sites excluding steroid dienone is 1. The van der Waals surface area contributed by atoms with Gasteiger partial charge in [-0.1, -0.05) is 92.7 Å². The first-order chi connectivity index (χ1) is 35.4. The maximum atomic E-state index is 14.3. The highest BCUT2D eigenvalue weighted by Crippen LogP contribution is 2.66. The lowest BCUT2D eigenvalue weighted by molar-refractivity contribution is -0.180. The van der Waals surface area contributed by atoms with Gasteiger partial charge in [0.2, 0.25) is 11.8 Å². The monoisotopic (exact) mass is 1010 g/mol. The second-order valence-electron chi connectivity index (χ2n) is 20.3. The molecule has 5 unspecified atom stereocenters. The summed E-state index contributed by atoms with van der Waals surface area (Å²) in [5.41, 5.74) is 11.5. The number of aliphatic hydroxyl groups is 2. The van der Waals surface area contributed by atoms with Gasteiger partial charge in [0.05, 0.1) is 11.7 Å². The Hall–Kier alpha value is -7.31. The molecule has 18 heteroatoms. The predicted octanol–water partition coefficient (Wildman–Crippen LogP) is 4.61. The lowest BCUT2D eigenvalue weighted by Gasteiger charge is -2.61. The van der Waals surface area contributed by atoms with Crippen LogP contribution in [0.5, 0.6) is 0 Å². The molecule has 3 amide bonds. The summed E-state index contributed by atoms with van der Waals surface area (Å²) >= 11 is 0. The highest BCUT2D eigenvalue weighted by Gasteiger charge is 2.70. The van der Waals surface area contributed by atoms with Gasteiger partial charge in [0, 0.05) is 60.9 Å². The van der Waals surface area contributed by atoms with E-state index in [1.54, 1.807) is 74.7 Å².